The van der Waals surface area contributed by atoms with E-state index in [2.05, 4.69) is 14.7 Å². The van der Waals surface area contributed by atoms with Crippen LogP contribution in [0.15, 0.2) is 52.2 Å². The molecule has 0 saturated carbocycles. The molecule has 0 bridgehead atoms. The number of halogens is 3. The minimum atomic E-state index is -4.39. The molecule has 0 N–H and O–H groups in total. The van der Waals surface area contributed by atoms with Gasteiger partial charge in [0.1, 0.15) is 16.3 Å². The molecular formula is C23H21ClF2N2O7S2. The minimum Gasteiger partial charge on any atom is -0.490 e. The molecule has 0 unspecified atom stereocenters. The molecule has 37 heavy (non-hydrogen) atoms. The number of hydrogen-bond acceptors (Lipinski definition) is 9. The van der Waals surface area contributed by atoms with Gasteiger partial charge in [-0.05, 0) is 49.2 Å². The van der Waals surface area contributed by atoms with E-state index in [0.29, 0.717) is 5.02 Å². The molecule has 198 valence electrons. The van der Waals surface area contributed by atoms with E-state index in [4.69, 9.17) is 21.1 Å². The second-order valence-electron chi connectivity index (χ2n) is 8.89. The Morgan fingerprint density at radius 1 is 1.05 bits per heavy atom. The number of ether oxygens (including phenoxy) is 2. The Morgan fingerprint density at radius 3 is 2.49 bits per heavy atom. The fraction of sp³-hybridized carbons (Fsp3) is 0.391. The summed E-state index contributed by atoms with van der Waals surface area (Å²) in [5.74, 6) is -4.23. The van der Waals surface area contributed by atoms with Crippen LogP contribution in [-0.2, 0) is 34.9 Å². The van der Waals surface area contributed by atoms with Gasteiger partial charge in [0.05, 0.1) is 28.9 Å². The molecule has 3 aromatic rings. The highest BCUT2D eigenvalue weighted by Gasteiger charge is 2.61. The molecule has 9 nitrogen and oxygen atoms in total. The van der Waals surface area contributed by atoms with Crippen LogP contribution in [0.5, 0.6) is 5.75 Å². The topological polar surface area (TPSA) is 126 Å². The van der Waals surface area contributed by atoms with Gasteiger partial charge in [-0.2, -0.15) is 4.98 Å². The third kappa shape index (κ3) is 4.51. The maximum atomic E-state index is 15.4. The predicted molar refractivity (Wildman–Crippen MR) is 126 cm³/mol. The average Bonchev–Trinajstić information content (AvgIpc) is 3.37. The van der Waals surface area contributed by atoms with Crippen LogP contribution in [-0.4, -0.2) is 52.0 Å². The van der Waals surface area contributed by atoms with Crippen molar-refractivity contribution in [3.63, 3.8) is 0 Å². The van der Waals surface area contributed by atoms with Crippen LogP contribution in [0.1, 0.15) is 24.2 Å². The SMILES string of the molecule is O=S(=O)(CC[C@@H]1OCC[C@@]2(S(=O)(=O)c3ccc(Cl)cc3)c3c(F)ccc(F)c3OC[C@@H]12)Cc1ncon1. The van der Waals surface area contributed by atoms with Crippen LogP contribution in [0.4, 0.5) is 8.78 Å². The molecule has 2 aliphatic rings. The minimum absolute atomic E-state index is 0.0169. The molecule has 0 aliphatic carbocycles. The van der Waals surface area contributed by atoms with E-state index in [1.54, 1.807) is 0 Å². The van der Waals surface area contributed by atoms with Crippen molar-refractivity contribution in [2.45, 2.75) is 34.3 Å². The highest BCUT2D eigenvalue weighted by Crippen LogP contribution is 2.55. The first-order chi connectivity index (χ1) is 17.5. The smallest absolute Gasteiger partial charge is 0.213 e. The maximum absolute atomic E-state index is 15.4. The fourth-order valence-electron chi connectivity index (χ4n) is 5.16. The number of benzene rings is 2. The van der Waals surface area contributed by atoms with Gasteiger partial charge in [-0.1, -0.05) is 16.8 Å². The van der Waals surface area contributed by atoms with E-state index in [-0.39, 0.29) is 36.8 Å². The van der Waals surface area contributed by atoms with Crippen LogP contribution in [0.2, 0.25) is 5.02 Å². The maximum Gasteiger partial charge on any atom is 0.213 e. The van der Waals surface area contributed by atoms with Crippen molar-refractivity contribution >= 4 is 31.3 Å². The molecule has 1 aromatic heterocycles. The van der Waals surface area contributed by atoms with Crippen molar-refractivity contribution < 1.29 is 39.6 Å². The van der Waals surface area contributed by atoms with Gasteiger partial charge < -0.3 is 14.0 Å². The van der Waals surface area contributed by atoms with Gasteiger partial charge in [0.2, 0.25) is 6.39 Å². The molecule has 2 aromatic carbocycles. The Morgan fingerprint density at radius 2 is 1.78 bits per heavy atom. The lowest BCUT2D eigenvalue weighted by Gasteiger charge is -2.50. The van der Waals surface area contributed by atoms with Crippen molar-refractivity contribution in [2.75, 3.05) is 19.0 Å². The van der Waals surface area contributed by atoms with Gasteiger partial charge in [0, 0.05) is 17.5 Å². The van der Waals surface area contributed by atoms with Crippen molar-refractivity contribution in [3.8, 4) is 5.75 Å². The van der Waals surface area contributed by atoms with E-state index < -0.39 is 70.9 Å². The number of hydrogen-bond donors (Lipinski definition) is 0. The lowest BCUT2D eigenvalue weighted by Crippen LogP contribution is -2.57. The van der Waals surface area contributed by atoms with E-state index in [1.165, 1.54) is 24.3 Å². The summed E-state index contributed by atoms with van der Waals surface area (Å²) in [5.41, 5.74) is -0.415. The molecule has 3 heterocycles. The molecular weight excluding hydrogens is 554 g/mol. The Bertz CT molecular complexity index is 1520. The molecule has 2 aliphatic heterocycles. The van der Waals surface area contributed by atoms with Crippen LogP contribution in [0, 0.1) is 17.6 Å². The van der Waals surface area contributed by atoms with Gasteiger partial charge >= 0.3 is 0 Å². The van der Waals surface area contributed by atoms with E-state index >= 15 is 4.39 Å². The molecule has 0 amide bonds. The summed E-state index contributed by atoms with van der Waals surface area (Å²) in [4.78, 5) is 3.58. The Kier molecular flexibility index (Phi) is 6.75. The third-order valence-corrected chi connectivity index (χ3v) is 11.2. The predicted octanol–water partition coefficient (Wildman–Crippen LogP) is 3.47. The summed E-state index contributed by atoms with van der Waals surface area (Å²) in [6.07, 6.45) is -0.244. The largest absolute Gasteiger partial charge is 0.490 e. The molecule has 1 saturated heterocycles. The van der Waals surface area contributed by atoms with Crippen LogP contribution in [0.25, 0.3) is 0 Å². The fourth-order valence-corrected chi connectivity index (χ4v) is 8.88. The van der Waals surface area contributed by atoms with Gasteiger partial charge in [-0.25, -0.2) is 25.6 Å². The van der Waals surface area contributed by atoms with Gasteiger partial charge in [-0.3, -0.25) is 0 Å². The number of nitrogens with zero attached hydrogens (tertiary/aromatic N) is 2. The number of aromatic nitrogens is 2. The van der Waals surface area contributed by atoms with Crippen LogP contribution >= 0.6 is 11.6 Å². The summed E-state index contributed by atoms with van der Waals surface area (Å²) in [5, 5.41) is 3.81. The monoisotopic (exact) mass is 574 g/mol. The second kappa shape index (κ2) is 9.61. The van der Waals surface area contributed by atoms with Gasteiger partial charge in [0.15, 0.2) is 37.1 Å². The first-order valence-corrected chi connectivity index (χ1v) is 14.9. The van der Waals surface area contributed by atoms with Crippen molar-refractivity contribution in [2.24, 2.45) is 5.92 Å². The van der Waals surface area contributed by atoms with Crippen molar-refractivity contribution in [1.82, 2.24) is 10.1 Å². The Balaban J connectivity index is 1.58. The van der Waals surface area contributed by atoms with E-state index in [0.717, 1.165) is 18.5 Å². The summed E-state index contributed by atoms with van der Waals surface area (Å²) in [7, 11) is -8.12. The number of rotatable bonds is 7. The summed E-state index contributed by atoms with van der Waals surface area (Å²) >= 11 is 5.95. The molecule has 14 heteroatoms. The highest BCUT2D eigenvalue weighted by molar-refractivity contribution is 7.92. The summed E-state index contributed by atoms with van der Waals surface area (Å²) in [6.45, 7) is -0.454. The van der Waals surface area contributed by atoms with Gasteiger partial charge in [0.25, 0.3) is 0 Å². The normalized spacial score (nSPS) is 23.6. The zero-order valence-electron chi connectivity index (χ0n) is 19.1. The first kappa shape index (κ1) is 26.0. The summed E-state index contributed by atoms with van der Waals surface area (Å²) in [6, 6.07) is 7.12. The molecule has 3 atom stereocenters. The Labute approximate surface area is 216 Å². The molecule has 1 fully saturated rings. The number of fused-ring (bicyclic) bond motifs is 3. The van der Waals surface area contributed by atoms with Crippen LogP contribution < -0.4 is 4.74 Å². The van der Waals surface area contributed by atoms with Crippen LogP contribution in [0.3, 0.4) is 0 Å². The van der Waals surface area contributed by atoms with Crippen molar-refractivity contribution in [1.29, 1.82) is 0 Å². The van der Waals surface area contributed by atoms with E-state index in [1.807, 2.05) is 0 Å². The second-order valence-corrected chi connectivity index (χ2v) is 13.7. The molecule has 0 spiro atoms. The number of sulfone groups is 2. The highest BCUT2D eigenvalue weighted by atomic mass is 35.5. The standard InChI is InChI=1S/C23H21ClF2N2O7S2/c24-14-1-3-15(4-2-14)37(31,32)23-8-9-33-19(7-10-36(29,30)12-20-27-13-35-28-20)16(23)11-34-22-18(26)6-5-17(25)21(22)23/h1-6,13,16,19H,7-12H2/t16-,19-,23-/m0/s1. The first-order valence-electron chi connectivity index (χ1n) is 11.2. The Hall–Kier alpha value is -2.61. The third-order valence-electron chi connectivity index (χ3n) is 6.82. The van der Waals surface area contributed by atoms with Crippen molar-refractivity contribution in [3.05, 3.63) is 70.8 Å². The van der Waals surface area contributed by atoms with Gasteiger partial charge in [-0.15, -0.1) is 0 Å². The van der Waals surface area contributed by atoms with E-state index in [9.17, 15) is 21.2 Å². The zero-order valence-corrected chi connectivity index (χ0v) is 21.5. The summed E-state index contributed by atoms with van der Waals surface area (Å²) < 4.78 is 98.0. The molecule has 5 rings (SSSR count). The lowest BCUT2D eigenvalue weighted by molar-refractivity contribution is -0.0732. The quantitative estimate of drug-likeness (QED) is 0.417. The zero-order chi connectivity index (χ0) is 26.4. The molecule has 0 radical (unpaired) electrons. The lowest BCUT2D eigenvalue weighted by atomic mass is 9.75. The average molecular weight is 575 g/mol.